The van der Waals surface area contributed by atoms with Crippen molar-refractivity contribution in [3.8, 4) is 5.75 Å². The van der Waals surface area contributed by atoms with E-state index in [2.05, 4.69) is 9.80 Å². The van der Waals surface area contributed by atoms with Crippen molar-refractivity contribution in [1.29, 1.82) is 0 Å². The van der Waals surface area contributed by atoms with Crippen molar-refractivity contribution in [2.24, 2.45) is 0 Å². The number of carbonyl (C=O) groups excluding carboxylic acids is 2. The third-order valence-electron chi connectivity index (χ3n) is 5.72. The Morgan fingerprint density at radius 3 is 2.77 bits per heavy atom. The molecular formula is C20H27N3O3. The van der Waals surface area contributed by atoms with Crippen molar-refractivity contribution in [2.45, 2.75) is 38.1 Å². The summed E-state index contributed by atoms with van der Waals surface area (Å²) in [5, 5.41) is 0. The summed E-state index contributed by atoms with van der Waals surface area (Å²) in [5.41, 5.74) is 0.770. The van der Waals surface area contributed by atoms with Crippen LogP contribution in [0.5, 0.6) is 5.75 Å². The summed E-state index contributed by atoms with van der Waals surface area (Å²) in [4.78, 5) is 31.3. The molecule has 0 N–H and O–H groups in total. The van der Waals surface area contributed by atoms with E-state index in [0.29, 0.717) is 24.8 Å². The molecule has 4 rings (SSSR count). The molecule has 2 saturated heterocycles. The third-order valence-corrected chi connectivity index (χ3v) is 5.72. The minimum atomic E-state index is -0.0773. The van der Waals surface area contributed by atoms with E-state index in [1.807, 2.05) is 24.3 Å². The number of amides is 2. The number of hydrogen-bond acceptors (Lipinski definition) is 4. The van der Waals surface area contributed by atoms with Gasteiger partial charge < -0.3 is 19.4 Å². The van der Waals surface area contributed by atoms with Gasteiger partial charge in [-0.1, -0.05) is 12.1 Å². The number of likely N-dealkylation sites (tertiary alicyclic amines) is 2. The first-order valence-corrected chi connectivity index (χ1v) is 9.76. The Morgan fingerprint density at radius 1 is 1.12 bits per heavy atom. The molecule has 26 heavy (non-hydrogen) atoms. The van der Waals surface area contributed by atoms with Gasteiger partial charge in [0.2, 0.25) is 5.91 Å². The summed E-state index contributed by atoms with van der Waals surface area (Å²) in [6.45, 7) is 4.66. The Kier molecular flexibility index (Phi) is 5.11. The zero-order valence-electron chi connectivity index (χ0n) is 15.2. The maximum absolute atomic E-state index is 12.8. The second-order valence-corrected chi connectivity index (χ2v) is 7.44. The zero-order valence-corrected chi connectivity index (χ0v) is 15.2. The average Bonchev–Trinajstić information content (AvgIpc) is 3.33. The van der Waals surface area contributed by atoms with Gasteiger partial charge in [0.1, 0.15) is 5.75 Å². The van der Waals surface area contributed by atoms with Crippen LogP contribution in [-0.2, 0) is 9.59 Å². The van der Waals surface area contributed by atoms with Crippen molar-refractivity contribution in [3.63, 3.8) is 0 Å². The van der Waals surface area contributed by atoms with Crippen LogP contribution in [0.4, 0.5) is 5.69 Å². The number of hydrogen-bond donors (Lipinski definition) is 0. The van der Waals surface area contributed by atoms with Crippen LogP contribution >= 0.6 is 0 Å². The number of ether oxygens (including phenoxy) is 1. The number of nitrogens with zero attached hydrogens (tertiary/aromatic N) is 3. The second kappa shape index (κ2) is 7.66. The second-order valence-electron chi connectivity index (χ2n) is 7.44. The lowest BCUT2D eigenvalue weighted by molar-refractivity contribution is -0.132. The Balaban J connectivity index is 1.36. The first kappa shape index (κ1) is 17.3. The fourth-order valence-electron chi connectivity index (χ4n) is 4.37. The van der Waals surface area contributed by atoms with Crippen LogP contribution in [0.15, 0.2) is 24.3 Å². The van der Waals surface area contributed by atoms with E-state index in [1.54, 1.807) is 4.90 Å². The normalized spacial score (nSPS) is 23.2. The van der Waals surface area contributed by atoms with E-state index in [-0.39, 0.29) is 18.4 Å². The van der Waals surface area contributed by atoms with E-state index in [0.717, 1.165) is 44.7 Å². The fraction of sp³-hybridized carbons (Fsp3) is 0.600. The molecule has 6 heteroatoms. The van der Waals surface area contributed by atoms with Crippen LogP contribution in [0.25, 0.3) is 0 Å². The summed E-state index contributed by atoms with van der Waals surface area (Å²) in [7, 11) is 0. The minimum absolute atomic E-state index is 0.0481. The molecule has 0 spiro atoms. The molecule has 1 aromatic rings. The number of carbonyl (C=O) groups is 2. The lowest BCUT2D eigenvalue weighted by atomic mass is 10.2. The lowest BCUT2D eigenvalue weighted by Crippen LogP contribution is -2.45. The minimum Gasteiger partial charge on any atom is -0.482 e. The maximum Gasteiger partial charge on any atom is 0.265 e. The largest absolute Gasteiger partial charge is 0.482 e. The van der Waals surface area contributed by atoms with Crippen molar-refractivity contribution in [3.05, 3.63) is 24.3 Å². The highest BCUT2D eigenvalue weighted by Crippen LogP contribution is 2.31. The molecule has 2 fully saturated rings. The monoisotopic (exact) mass is 357 g/mol. The van der Waals surface area contributed by atoms with Crippen LogP contribution in [0, 0.1) is 0 Å². The molecule has 0 aromatic heterocycles. The molecule has 1 atom stereocenters. The standard InChI is InChI=1S/C20H27N3O3/c24-19(22-12-5-6-16(22)14-21-10-3-4-11-21)9-13-23-17-7-1-2-8-18(17)26-15-20(23)25/h1-2,7-8,16H,3-6,9-15H2/t16-/m0/s1. The van der Waals surface area contributed by atoms with Crippen LogP contribution < -0.4 is 9.64 Å². The van der Waals surface area contributed by atoms with Crippen LogP contribution in [0.1, 0.15) is 32.1 Å². The molecule has 3 heterocycles. The molecule has 6 nitrogen and oxygen atoms in total. The average molecular weight is 357 g/mol. The number of para-hydroxylation sites is 2. The summed E-state index contributed by atoms with van der Waals surface area (Å²) < 4.78 is 5.47. The molecule has 1 aromatic carbocycles. The quantitative estimate of drug-likeness (QED) is 0.808. The molecule has 140 valence electrons. The molecular weight excluding hydrogens is 330 g/mol. The fourth-order valence-corrected chi connectivity index (χ4v) is 4.37. The molecule has 0 saturated carbocycles. The number of rotatable bonds is 5. The molecule has 0 unspecified atom stereocenters. The smallest absolute Gasteiger partial charge is 0.265 e. The summed E-state index contributed by atoms with van der Waals surface area (Å²) in [5.74, 6) is 0.808. The van der Waals surface area contributed by atoms with Gasteiger partial charge in [0.15, 0.2) is 6.61 Å². The molecule has 0 aliphatic carbocycles. The molecule has 3 aliphatic rings. The van der Waals surface area contributed by atoms with Crippen LogP contribution in [0.2, 0.25) is 0 Å². The molecule has 0 bridgehead atoms. The Morgan fingerprint density at radius 2 is 1.92 bits per heavy atom. The number of anilines is 1. The van der Waals surface area contributed by atoms with Gasteiger partial charge in [0, 0.05) is 32.1 Å². The van der Waals surface area contributed by atoms with Crippen molar-refractivity contribution in [2.75, 3.05) is 44.2 Å². The Hall–Kier alpha value is -2.08. The highest BCUT2D eigenvalue weighted by Gasteiger charge is 2.32. The van der Waals surface area contributed by atoms with Gasteiger partial charge >= 0.3 is 0 Å². The molecule has 2 amide bonds. The molecule has 0 radical (unpaired) electrons. The highest BCUT2D eigenvalue weighted by atomic mass is 16.5. The van der Waals surface area contributed by atoms with Gasteiger partial charge in [-0.15, -0.1) is 0 Å². The van der Waals surface area contributed by atoms with Gasteiger partial charge in [0.25, 0.3) is 5.91 Å². The molecule has 3 aliphatic heterocycles. The van der Waals surface area contributed by atoms with Crippen molar-refractivity contribution in [1.82, 2.24) is 9.80 Å². The van der Waals surface area contributed by atoms with Gasteiger partial charge in [-0.2, -0.15) is 0 Å². The highest BCUT2D eigenvalue weighted by molar-refractivity contribution is 5.98. The topological polar surface area (TPSA) is 53.1 Å². The van der Waals surface area contributed by atoms with Crippen molar-refractivity contribution < 1.29 is 14.3 Å². The third kappa shape index (κ3) is 3.56. The van der Waals surface area contributed by atoms with Crippen LogP contribution in [0.3, 0.4) is 0 Å². The van der Waals surface area contributed by atoms with E-state index in [1.165, 1.54) is 12.8 Å². The van der Waals surface area contributed by atoms with Gasteiger partial charge in [-0.25, -0.2) is 0 Å². The van der Waals surface area contributed by atoms with E-state index in [9.17, 15) is 9.59 Å². The summed E-state index contributed by atoms with van der Waals surface area (Å²) in [6.07, 6.45) is 5.11. The van der Waals surface area contributed by atoms with E-state index >= 15 is 0 Å². The Labute approximate surface area is 154 Å². The predicted octanol–water partition coefficient (Wildman–Crippen LogP) is 1.89. The first-order chi connectivity index (χ1) is 12.7. The van der Waals surface area contributed by atoms with E-state index in [4.69, 9.17) is 4.74 Å². The summed E-state index contributed by atoms with van der Waals surface area (Å²) >= 11 is 0. The van der Waals surface area contributed by atoms with E-state index < -0.39 is 0 Å². The summed E-state index contributed by atoms with van der Waals surface area (Å²) in [6, 6.07) is 7.87. The van der Waals surface area contributed by atoms with Crippen LogP contribution in [-0.4, -0.2) is 67.0 Å². The predicted molar refractivity (Wildman–Crippen MR) is 99.3 cm³/mol. The SMILES string of the molecule is O=C1COc2ccccc2N1CCC(=O)N1CCC[C@H]1CN1CCCC1. The maximum atomic E-state index is 12.8. The first-order valence-electron chi connectivity index (χ1n) is 9.76. The Bertz CT molecular complexity index is 672. The van der Waals surface area contributed by atoms with Gasteiger partial charge in [-0.05, 0) is 50.9 Å². The van der Waals surface area contributed by atoms with Gasteiger partial charge in [0.05, 0.1) is 5.69 Å². The number of benzene rings is 1. The van der Waals surface area contributed by atoms with Crippen molar-refractivity contribution >= 4 is 17.5 Å². The number of fused-ring (bicyclic) bond motifs is 1. The lowest BCUT2D eigenvalue weighted by Gasteiger charge is -2.31. The zero-order chi connectivity index (χ0) is 17.9. The van der Waals surface area contributed by atoms with Gasteiger partial charge in [-0.3, -0.25) is 9.59 Å².